The number of hydrogen-bond donors (Lipinski definition) is 1. The number of anilines is 1. The maximum absolute atomic E-state index is 13.5. The smallest absolute Gasteiger partial charge is 0.368 e. The Kier molecular flexibility index (Phi) is 4.64. The number of thiazole rings is 1. The van der Waals surface area contributed by atoms with Crippen molar-refractivity contribution in [1.29, 1.82) is 0 Å². The molecule has 2 aromatic rings. The molecular weight excluding hydrogens is 391 g/mol. The van der Waals surface area contributed by atoms with Crippen LogP contribution in [0.5, 0.6) is 0 Å². The summed E-state index contributed by atoms with van der Waals surface area (Å²) in [6.07, 6.45) is -2.95. The largest absolute Gasteiger partial charge is 0.410 e. The fourth-order valence-electron chi connectivity index (χ4n) is 4.12. The number of rotatable bonds is 2. The van der Waals surface area contributed by atoms with E-state index in [0.717, 1.165) is 16.1 Å². The Morgan fingerprint density at radius 3 is 2.75 bits per heavy atom. The van der Waals surface area contributed by atoms with Gasteiger partial charge in [0.2, 0.25) is 0 Å². The first-order chi connectivity index (χ1) is 13.1. The Hall–Kier alpha value is -2.10. The minimum atomic E-state index is -4.36. The van der Waals surface area contributed by atoms with Gasteiger partial charge in [0.15, 0.2) is 6.04 Å². The van der Waals surface area contributed by atoms with Gasteiger partial charge in [0.1, 0.15) is 10.7 Å². The molecule has 1 N–H and O–H groups in total. The van der Waals surface area contributed by atoms with Crippen LogP contribution in [0.4, 0.5) is 19.0 Å². The van der Waals surface area contributed by atoms with E-state index in [1.807, 2.05) is 6.92 Å². The number of nitrogens with zero attached hydrogens (tertiary/aromatic N) is 4. The zero-order chi connectivity index (χ0) is 20.2. The lowest BCUT2D eigenvalue weighted by atomic mass is 10.1. The molecule has 2 aromatic heterocycles. The molecule has 152 valence electrons. The van der Waals surface area contributed by atoms with Crippen molar-refractivity contribution >= 4 is 23.1 Å². The normalized spacial score (nSPS) is 24.9. The summed E-state index contributed by atoms with van der Waals surface area (Å²) in [6, 6.07) is -0.606. The Labute approximate surface area is 164 Å². The molecule has 1 fully saturated rings. The summed E-state index contributed by atoms with van der Waals surface area (Å²) in [4.78, 5) is 19.7. The van der Waals surface area contributed by atoms with Crippen molar-refractivity contribution < 1.29 is 18.0 Å². The summed E-state index contributed by atoms with van der Waals surface area (Å²) in [5.74, 6) is 0.241. The lowest BCUT2D eigenvalue weighted by Crippen LogP contribution is -2.38. The number of amides is 1. The van der Waals surface area contributed by atoms with E-state index in [-0.39, 0.29) is 24.4 Å². The molecule has 4 heterocycles. The number of aryl methyl sites for hydroxylation is 2. The molecule has 1 amide bonds. The summed E-state index contributed by atoms with van der Waals surface area (Å²) in [5, 5.41) is 8.20. The van der Waals surface area contributed by atoms with Gasteiger partial charge in [-0.15, -0.1) is 11.3 Å². The van der Waals surface area contributed by atoms with Crippen LogP contribution in [-0.2, 0) is 0 Å². The van der Waals surface area contributed by atoms with E-state index in [0.29, 0.717) is 35.0 Å². The average Bonchev–Trinajstić information content (AvgIpc) is 3.29. The second-order valence-corrected chi connectivity index (χ2v) is 8.74. The summed E-state index contributed by atoms with van der Waals surface area (Å²) >= 11 is 1.35. The third-order valence-corrected chi connectivity index (χ3v) is 6.41. The summed E-state index contributed by atoms with van der Waals surface area (Å²) in [7, 11) is 0. The minimum absolute atomic E-state index is 0.0652. The van der Waals surface area contributed by atoms with Crippen LogP contribution in [0.1, 0.15) is 64.3 Å². The van der Waals surface area contributed by atoms with Gasteiger partial charge in [-0.2, -0.15) is 18.3 Å². The van der Waals surface area contributed by atoms with Crippen LogP contribution < -0.4 is 5.32 Å². The van der Waals surface area contributed by atoms with Gasteiger partial charge in [0.25, 0.3) is 5.91 Å². The molecule has 1 unspecified atom stereocenters. The van der Waals surface area contributed by atoms with Crippen LogP contribution >= 0.6 is 11.3 Å². The first kappa shape index (κ1) is 19.2. The van der Waals surface area contributed by atoms with Crippen LogP contribution in [0.25, 0.3) is 0 Å². The number of alkyl halides is 3. The standard InChI is InChI=1S/C18H22F3N5OS/c1-9-7-14(18(19,20)21)26-15(22-9)8-12(24-26)13-5-4-6-25(13)17(27)16-10(2)23-11(3)28-16/h8-9,13-14,22H,4-7H2,1-3H3/t9-,13?,14-/m1/s1. The molecule has 6 nitrogen and oxygen atoms in total. The van der Waals surface area contributed by atoms with E-state index in [4.69, 9.17) is 0 Å². The highest BCUT2D eigenvalue weighted by Crippen LogP contribution is 2.42. The summed E-state index contributed by atoms with van der Waals surface area (Å²) < 4.78 is 41.5. The first-order valence-electron chi connectivity index (χ1n) is 9.33. The maximum atomic E-state index is 13.5. The zero-order valence-electron chi connectivity index (χ0n) is 15.9. The predicted molar refractivity (Wildman–Crippen MR) is 99.6 cm³/mol. The van der Waals surface area contributed by atoms with Crippen molar-refractivity contribution in [3.63, 3.8) is 0 Å². The molecule has 10 heteroatoms. The lowest BCUT2D eigenvalue weighted by Gasteiger charge is -2.31. The number of carbonyl (C=O) groups excluding carboxylic acids is 1. The van der Waals surface area contributed by atoms with Crippen molar-refractivity contribution in [1.82, 2.24) is 19.7 Å². The summed E-state index contributed by atoms with van der Waals surface area (Å²) in [5.41, 5.74) is 1.20. The number of hydrogen-bond acceptors (Lipinski definition) is 5. The highest BCUT2D eigenvalue weighted by molar-refractivity contribution is 7.13. The Morgan fingerprint density at radius 1 is 1.36 bits per heavy atom. The molecule has 0 bridgehead atoms. The first-order valence-corrected chi connectivity index (χ1v) is 10.1. The van der Waals surface area contributed by atoms with Crippen molar-refractivity contribution in [3.8, 4) is 0 Å². The van der Waals surface area contributed by atoms with E-state index in [9.17, 15) is 18.0 Å². The van der Waals surface area contributed by atoms with Crippen LogP contribution in [0, 0.1) is 13.8 Å². The quantitative estimate of drug-likeness (QED) is 0.800. The van der Waals surface area contributed by atoms with E-state index in [1.54, 1.807) is 24.8 Å². The second kappa shape index (κ2) is 6.75. The van der Waals surface area contributed by atoms with Crippen molar-refractivity contribution in [2.75, 3.05) is 11.9 Å². The van der Waals surface area contributed by atoms with Crippen LogP contribution in [0.2, 0.25) is 0 Å². The Balaban J connectivity index is 1.66. The molecule has 3 atom stereocenters. The topological polar surface area (TPSA) is 63.1 Å². The van der Waals surface area contributed by atoms with Gasteiger partial charge in [-0.05, 0) is 40.0 Å². The number of halogens is 3. The fraction of sp³-hybridized carbons (Fsp3) is 0.611. The maximum Gasteiger partial charge on any atom is 0.410 e. The molecule has 0 aliphatic carbocycles. The molecular formula is C18H22F3N5OS. The zero-order valence-corrected chi connectivity index (χ0v) is 16.7. The van der Waals surface area contributed by atoms with Gasteiger partial charge in [-0.1, -0.05) is 0 Å². The van der Waals surface area contributed by atoms with Gasteiger partial charge >= 0.3 is 6.18 Å². The van der Waals surface area contributed by atoms with Crippen LogP contribution in [-0.4, -0.2) is 44.3 Å². The number of aromatic nitrogens is 3. The van der Waals surface area contributed by atoms with Crippen molar-refractivity contribution in [2.24, 2.45) is 0 Å². The van der Waals surface area contributed by atoms with Gasteiger partial charge in [-0.3, -0.25) is 4.79 Å². The minimum Gasteiger partial charge on any atom is -0.368 e. The summed E-state index contributed by atoms with van der Waals surface area (Å²) in [6.45, 7) is 5.95. The Bertz CT molecular complexity index is 906. The van der Waals surface area contributed by atoms with Gasteiger partial charge in [0.05, 0.1) is 22.4 Å². The molecule has 28 heavy (non-hydrogen) atoms. The SMILES string of the molecule is Cc1nc(C)c(C(=O)N2CCCC2c2cc3n(n2)[C@@H](C(F)(F)F)C[C@@H](C)N3)s1. The molecule has 1 saturated heterocycles. The van der Waals surface area contributed by atoms with Gasteiger partial charge < -0.3 is 10.2 Å². The highest BCUT2D eigenvalue weighted by Gasteiger charge is 2.46. The van der Waals surface area contributed by atoms with E-state index < -0.39 is 12.2 Å². The van der Waals surface area contributed by atoms with E-state index >= 15 is 0 Å². The molecule has 0 aromatic carbocycles. The van der Waals surface area contributed by atoms with Crippen molar-refractivity contribution in [3.05, 3.63) is 27.3 Å². The average molecular weight is 413 g/mol. The molecule has 0 spiro atoms. The Morgan fingerprint density at radius 2 is 2.11 bits per heavy atom. The van der Waals surface area contributed by atoms with Gasteiger partial charge in [-0.25, -0.2) is 9.67 Å². The number of carbonyl (C=O) groups is 1. The molecule has 0 radical (unpaired) electrons. The third-order valence-electron chi connectivity index (χ3n) is 5.35. The van der Waals surface area contributed by atoms with E-state index in [1.165, 1.54) is 11.3 Å². The number of likely N-dealkylation sites (tertiary alicyclic amines) is 1. The lowest BCUT2D eigenvalue weighted by molar-refractivity contribution is -0.173. The van der Waals surface area contributed by atoms with Crippen LogP contribution in [0.3, 0.4) is 0 Å². The monoisotopic (exact) mass is 413 g/mol. The molecule has 4 rings (SSSR count). The van der Waals surface area contributed by atoms with E-state index in [2.05, 4.69) is 15.4 Å². The third kappa shape index (κ3) is 3.27. The number of fused-ring (bicyclic) bond motifs is 1. The van der Waals surface area contributed by atoms with Crippen LogP contribution in [0.15, 0.2) is 6.07 Å². The van der Waals surface area contributed by atoms with Crippen molar-refractivity contribution in [2.45, 2.75) is 64.3 Å². The molecule has 2 aliphatic heterocycles. The number of nitrogens with one attached hydrogen (secondary N) is 1. The highest BCUT2D eigenvalue weighted by atomic mass is 32.1. The molecule has 0 saturated carbocycles. The molecule has 2 aliphatic rings. The van der Waals surface area contributed by atoms with Gasteiger partial charge in [0, 0.05) is 18.7 Å². The second-order valence-electron chi connectivity index (χ2n) is 7.54. The predicted octanol–water partition coefficient (Wildman–Crippen LogP) is 4.24. The fourth-order valence-corrected chi connectivity index (χ4v) is 4.99.